The third-order valence-electron chi connectivity index (χ3n) is 1.88. The van der Waals surface area contributed by atoms with E-state index < -0.39 is 0 Å². The summed E-state index contributed by atoms with van der Waals surface area (Å²) in [6.07, 6.45) is 1.53. The van der Waals surface area contributed by atoms with E-state index in [2.05, 4.69) is 10.5 Å². The zero-order valence-corrected chi connectivity index (χ0v) is 9.00. The van der Waals surface area contributed by atoms with Crippen LogP contribution in [0.2, 0.25) is 0 Å². The average Bonchev–Trinajstić information content (AvgIpc) is 2.84. The second kappa shape index (κ2) is 4.27. The molecule has 5 heteroatoms. The summed E-state index contributed by atoms with van der Waals surface area (Å²) in [5, 5.41) is 6.39. The molecular formula is C10H10N2O2S. The molecule has 0 aliphatic carbocycles. The van der Waals surface area contributed by atoms with Gasteiger partial charge in [-0.05, 0) is 19.1 Å². The number of aromatic nitrogens is 1. The van der Waals surface area contributed by atoms with E-state index >= 15 is 0 Å². The van der Waals surface area contributed by atoms with E-state index in [0.29, 0.717) is 5.88 Å². The summed E-state index contributed by atoms with van der Waals surface area (Å²) in [6, 6.07) is 5.45. The lowest BCUT2D eigenvalue weighted by molar-refractivity contribution is 0.101. The van der Waals surface area contributed by atoms with Crippen molar-refractivity contribution in [3.8, 4) is 0 Å². The zero-order chi connectivity index (χ0) is 10.7. The minimum atomic E-state index is 0.0597. The number of nitrogens with one attached hydrogen (secondary N) is 1. The van der Waals surface area contributed by atoms with Crippen LogP contribution in [0.4, 0.5) is 5.88 Å². The van der Waals surface area contributed by atoms with E-state index in [-0.39, 0.29) is 12.3 Å². The predicted molar refractivity (Wildman–Crippen MR) is 58.4 cm³/mol. The minimum Gasteiger partial charge on any atom is -0.347 e. The van der Waals surface area contributed by atoms with Crippen LogP contribution in [-0.4, -0.2) is 17.5 Å². The number of anilines is 1. The Morgan fingerprint density at radius 1 is 1.53 bits per heavy atom. The molecule has 0 aliphatic heterocycles. The van der Waals surface area contributed by atoms with Crippen LogP contribution in [-0.2, 0) is 0 Å². The number of carbonyl (C=O) groups excluding carboxylic acids is 1. The molecule has 0 aromatic carbocycles. The second-order valence-electron chi connectivity index (χ2n) is 3.06. The summed E-state index contributed by atoms with van der Waals surface area (Å²) < 4.78 is 4.82. The molecule has 78 valence electrons. The standard InChI is InChI=1S/C10H10N2O2S/c1-7-2-3-9(15-7)8(13)6-11-10-4-5-12-14-10/h2-5,11H,6H2,1H3. The number of aryl methyl sites for hydroxylation is 1. The number of nitrogens with zero attached hydrogens (tertiary/aromatic N) is 1. The van der Waals surface area contributed by atoms with Gasteiger partial charge < -0.3 is 9.84 Å². The monoisotopic (exact) mass is 222 g/mol. The number of ketones is 1. The fraction of sp³-hybridized carbons (Fsp3) is 0.200. The summed E-state index contributed by atoms with van der Waals surface area (Å²) in [5.74, 6) is 0.570. The first-order valence-electron chi connectivity index (χ1n) is 4.50. The summed E-state index contributed by atoms with van der Waals surface area (Å²) in [4.78, 5) is 13.5. The first kappa shape index (κ1) is 9.92. The number of rotatable bonds is 4. The predicted octanol–water partition coefficient (Wildman–Crippen LogP) is 2.34. The van der Waals surface area contributed by atoms with E-state index in [1.807, 2.05) is 19.1 Å². The molecular weight excluding hydrogens is 212 g/mol. The lowest BCUT2D eigenvalue weighted by atomic mass is 10.3. The molecule has 2 rings (SSSR count). The number of carbonyl (C=O) groups is 1. The normalized spacial score (nSPS) is 10.2. The van der Waals surface area contributed by atoms with Crippen molar-refractivity contribution in [2.24, 2.45) is 0 Å². The molecule has 0 unspecified atom stereocenters. The van der Waals surface area contributed by atoms with Crippen molar-refractivity contribution in [2.45, 2.75) is 6.92 Å². The van der Waals surface area contributed by atoms with E-state index in [1.165, 1.54) is 17.5 Å². The first-order chi connectivity index (χ1) is 7.25. The molecule has 0 saturated heterocycles. The van der Waals surface area contributed by atoms with Gasteiger partial charge in [-0.25, -0.2) is 0 Å². The Bertz CT molecular complexity index is 448. The van der Waals surface area contributed by atoms with Gasteiger partial charge in [0.05, 0.1) is 17.6 Å². The Kier molecular flexibility index (Phi) is 2.82. The topological polar surface area (TPSA) is 55.1 Å². The maximum Gasteiger partial charge on any atom is 0.224 e. The molecule has 0 aliphatic rings. The van der Waals surface area contributed by atoms with Crippen LogP contribution in [0.25, 0.3) is 0 Å². The number of hydrogen-bond acceptors (Lipinski definition) is 5. The minimum absolute atomic E-state index is 0.0597. The van der Waals surface area contributed by atoms with Crippen LogP contribution < -0.4 is 5.32 Å². The molecule has 0 bridgehead atoms. The molecule has 2 aromatic rings. The van der Waals surface area contributed by atoms with Crippen molar-refractivity contribution in [1.29, 1.82) is 0 Å². The molecule has 0 saturated carbocycles. The highest BCUT2D eigenvalue weighted by Gasteiger charge is 2.08. The van der Waals surface area contributed by atoms with Crippen molar-refractivity contribution in [1.82, 2.24) is 5.16 Å². The fourth-order valence-corrected chi connectivity index (χ4v) is 1.95. The smallest absolute Gasteiger partial charge is 0.224 e. The molecule has 0 radical (unpaired) electrons. The van der Waals surface area contributed by atoms with Crippen molar-refractivity contribution < 1.29 is 9.32 Å². The fourth-order valence-electron chi connectivity index (χ4n) is 1.15. The highest BCUT2D eigenvalue weighted by molar-refractivity contribution is 7.14. The average molecular weight is 222 g/mol. The van der Waals surface area contributed by atoms with Gasteiger partial charge in [-0.3, -0.25) is 4.79 Å². The lowest BCUT2D eigenvalue weighted by Gasteiger charge is -1.98. The van der Waals surface area contributed by atoms with Gasteiger partial charge in [0.2, 0.25) is 5.88 Å². The second-order valence-corrected chi connectivity index (χ2v) is 4.35. The van der Waals surface area contributed by atoms with Crippen molar-refractivity contribution in [2.75, 3.05) is 11.9 Å². The van der Waals surface area contributed by atoms with Crippen LogP contribution in [0.5, 0.6) is 0 Å². The highest BCUT2D eigenvalue weighted by atomic mass is 32.1. The van der Waals surface area contributed by atoms with E-state index in [4.69, 9.17) is 4.52 Å². The molecule has 0 atom stereocenters. The van der Waals surface area contributed by atoms with Gasteiger partial charge in [-0.2, -0.15) is 0 Å². The quantitative estimate of drug-likeness (QED) is 0.807. The molecule has 0 fully saturated rings. The van der Waals surface area contributed by atoms with Crippen molar-refractivity contribution in [3.63, 3.8) is 0 Å². The van der Waals surface area contributed by atoms with Crippen LogP contribution >= 0.6 is 11.3 Å². The molecule has 0 amide bonds. The maximum absolute atomic E-state index is 11.6. The Morgan fingerprint density at radius 2 is 2.40 bits per heavy atom. The third kappa shape index (κ3) is 2.44. The van der Waals surface area contributed by atoms with Crippen LogP contribution in [0.3, 0.4) is 0 Å². The van der Waals surface area contributed by atoms with Crippen molar-refractivity contribution >= 4 is 23.0 Å². The Balaban J connectivity index is 1.93. The third-order valence-corrected chi connectivity index (χ3v) is 2.92. The largest absolute Gasteiger partial charge is 0.347 e. The van der Waals surface area contributed by atoms with Gasteiger partial charge in [0.1, 0.15) is 0 Å². The van der Waals surface area contributed by atoms with E-state index in [9.17, 15) is 4.79 Å². The molecule has 4 nitrogen and oxygen atoms in total. The van der Waals surface area contributed by atoms with Gasteiger partial charge in [-0.15, -0.1) is 11.3 Å². The Morgan fingerprint density at radius 3 is 3.00 bits per heavy atom. The van der Waals surface area contributed by atoms with Gasteiger partial charge in [-0.1, -0.05) is 5.16 Å². The molecule has 0 spiro atoms. The lowest BCUT2D eigenvalue weighted by Crippen LogP contribution is -2.12. The Labute approximate surface area is 90.9 Å². The van der Waals surface area contributed by atoms with Gasteiger partial charge in [0.25, 0.3) is 0 Å². The number of thiophene rings is 1. The zero-order valence-electron chi connectivity index (χ0n) is 8.19. The summed E-state index contributed by atoms with van der Waals surface area (Å²) in [5.41, 5.74) is 0. The first-order valence-corrected chi connectivity index (χ1v) is 5.31. The van der Waals surface area contributed by atoms with Crippen LogP contribution in [0, 0.1) is 6.92 Å². The molecule has 2 heterocycles. The number of Topliss-reactive ketones (excluding diaryl/α,β-unsaturated/α-hetero) is 1. The van der Waals surface area contributed by atoms with Crippen LogP contribution in [0.15, 0.2) is 28.9 Å². The van der Waals surface area contributed by atoms with E-state index in [1.54, 1.807) is 6.07 Å². The van der Waals surface area contributed by atoms with E-state index in [0.717, 1.165) is 9.75 Å². The molecule has 2 aromatic heterocycles. The molecule has 15 heavy (non-hydrogen) atoms. The van der Waals surface area contributed by atoms with Gasteiger partial charge in [0, 0.05) is 10.9 Å². The number of hydrogen-bond donors (Lipinski definition) is 1. The van der Waals surface area contributed by atoms with Crippen LogP contribution in [0.1, 0.15) is 14.5 Å². The van der Waals surface area contributed by atoms with Crippen molar-refractivity contribution in [3.05, 3.63) is 34.2 Å². The summed E-state index contributed by atoms with van der Waals surface area (Å²) in [7, 11) is 0. The summed E-state index contributed by atoms with van der Waals surface area (Å²) in [6.45, 7) is 2.21. The maximum atomic E-state index is 11.6. The Hall–Kier alpha value is -1.62. The highest BCUT2D eigenvalue weighted by Crippen LogP contribution is 2.15. The van der Waals surface area contributed by atoms with Gasteiger partial charge >= 0.3 is 0 Å². The summed E-state index contributed by atoms with van der Waals surface area (Å²) >= 11 is 1.50. The van der Waals surface area contributed by atoms with Gasteiger partial charge in [0.15, 0.2) is 5.78 Å². The molecule has 1 N–H and O–H groups in total. The SMILES string of the molecule is Cc1ccc(C(=O)CNc2ccno2)s1.